The minimum absolute atomic E-state index is 0. The van der Waals surface area contributed by atoms with Crippen molar-refractivity contribution in [3.8, 4) is 5.75 Å². The molecule has 118 valence electrons. The fraction of sp³-hybridized carbons (Fsp3) is 0.188. The number of ether oxygens (including phenoxy) is 1. The van der Waals surface area contributed by atoms with E-state index in [1.165, 1.54) is 0 Å². The highest BCUT2D eigenvalue weighted by Gasteiger charge is 2.02. The molecule has 5 nitrogen and oxygen atoms in total. The maximum atomic E-state index is 8.82. The van der Waals surface area contributed by atoms with Crippen molar-refractivity contribution in [2.45, 2.75) is 6.54 Å². The van der Waals surface area contributed by atoms with E-state index in [1.54, 1.807) is 0 Å². The minimum atomic E-state index is -0.0185. The molecule has 2 aromatic rings. The molecule has 0 amide bonds. The first-order chi connectivity index (χ1) is 10.3. The van der Waals surface area contributed by atoms with E-state index in [0.29, 0.717) is 18.3 Å². The quantitative estimate of drug-likeness (QED) is 0.387. The van der Waals surface area contributed by atoms with Crippen molar-refractivity contribution in [2.24, 2.45) is 10.7 Å². The predicted octanol–water partition coefficient (Wildman–Crippen LogP) is 2.60. The monoisotopic (exact) mass is 413 g/mol. The normalized spacial score (nSPS) is 10.7. The van der Waals surface area contributed by atoms with Gasteiger partial charge in [0.15, 0.2) is 5.96 Å². The Kier molecular flexibility index (Phi) is 8.31. The van der Waals surface area contributed by atoms with Crippen molar-refractivity contribution < 1.29 is 9.84 Å². The zero-order valence-corrected chi connectivity index (χ0v) is 14.4. The van der Waals surface area contributed by atoms with Crippen molar-refractivity contribution in [1.82, 2.24) is 0 Å². The molecule has 4 N–H and O–H groups in total. The highest BCUT2D eigenvalue weighted by molar-refractivity contribution is 14.0. The average molecular weight is 413 g/mol. The number of nitrogens with zero attached hydrogens (tertiary/aromatic N) is 1. The van der Waals surface area contributed by atoms with E-state index in [-0.39, 0.29) is 37.2 Å². The van der Waals surface area contributed by atoms with Gasteiger partial charge in [-0.15, -0.1) is 24.0 Å². The average Bonchev–Trinajstić information content (AvgIpc) is 2.52. The fourth-order valence-corrected chi connectivity index (χ4v) is 1.81. The van der Waals surface area contributed by atoms with Crippen LogP contribution in [0.5, 0.6) is 5.75 Å². The molecule has 0 saturated carbocycles. The second kappa shape index (κ2) is 10.0. The van der Waals surface area contributed by atoms with Crippen molar-refractivity contribution in [1.29, 1.82) is 0 Å². The van der Waals surface area contributed by atoms with Gasteiger partial charge >= 0.3 is 0 Å². The van der Waals surface area contributed by atoms with E-state index in [9.17, 15) is 0 Å². The summed E-state index contributed by atoms with van der Waals surface area (Å²) < 4.78 is 5.46. The smallest absolute Gasteiger partial charge is 0.193 e. The third-order valence-electron chi connectivity index (χ3n) is 2.79. The lowest BCUT2D eigenvalue weighted by Gasteiger charge is -2.09. The number of hydrogen-bond acceptors (Lipinski definition) is 3. The van der Waals surface area contributed by atoms with E-state index >= 15 is 0 Å². The Morgan fingerprint density at radius 2 is 1.77 bits per heavy atom. The largest absolute Gasteiger partial charge is 0.491 e. The Labute approximate surface area is 147 Å². The molecule has 0 aromatic heterocycles. The maximum Gasteiger partial charge on any atom is 0.193 e. The highest BCUT2D eigenvalue weighted by atomic mass is 127. The van der Waals surface area contributed by atoms with Crippen LogP contribution in [0.1, 0.15) is 5.56 Å². The first kappa shape index (κ1) is 18.2. The maximum absolute atomic E-state index is 8.82. The summed E-state index contributed by atoms with van der Waals surface area (Å²) in [5.74, 6) is 1.06. The number of guanidine groups is 1. The number of nitrogens with one attached hydrogen (secondary N) is 1. The number of nitrogens with two attached hydrogens (primary N) is 1. The first-order valence-corrected chi connectivity index (χ1v) is 6.73. The summed E-state index contributed by atoms with van der Waals surface area (Å²) in [5.41, 5.74) is 7.67. The van der Waals surface area contributed by atoms with Crippen LogP contribution in [0, 0.1) is 0 Å². The van der Waals surface area contributed by atoms with Crippen LogP contribution in [-0.2, 0) is 6.54 Å². The van der Waals surface area contributed by atoms with Gasteiger partial charge in [-0.05, 0) is 18.2 Å². The van der Waals surface area contributed by atoms with Crippen molar-refractivity contribution in [3.05, 3.63) is 60.2 Å². The molecule has 0 heterocycles. The lowest BCUT2D eigenvalue weighted by molar-refractivity contribution is 0.200. The number of hydrogen-bond donors (Lipinski definition) is 3. The molecule has 0 aliphatic heterocycles. The van der Waals surface area contributed by atoms with Crippen LogP contribution in [0.15, 0.2) is 59.6 Å². The summed E-state index contributed by atoms with van der Waals surface area (Å²) >= 11 is 0. The summed E-state index contributed by atoms with van der Waals surface area (Å²) in [4.78, 5) is 4.30. The van der Waals surface area contributed by atoms with Gasteiger partial charge in [0.25, 0.3) is 0 Å². The molecule has 6 heteroatoms. The Morgan fingerprint density at radius 1 is 1.09 bits per heavy atom. The van der Waals surface area contributed by atoms with Gasteiger partial charge in [-0.25, -0.2) is 4.99 Å². The van der Waals surface area contributed by atoms with E-state index in [0.717, 1.165) is 11.3 Å². The molecule has 2 aromatic carbocycles. The Balaban J connectivity index is 0.00000242. The summed E-state index contributed by atoms with van der Waals surface area (Å²) in [5, 5.41) is 11.8. The second-order valence-corrected chi connectivity index (χ2v) is 4.37. The molecule has 0 spiro atoms. The first-order valence-electron chi connectivity index (χ1n) is 6.73. The number of aliphatic hydroxyl groups is 1. The molecule has 0 unspecified atom stereocenters. The molecule has 0 radical (unpaired) electrons. The molecule has 0 atom stereocenters. The summed E-state index contributed by atoms with van der Waals surface area (Å²) in [6.45, 7) is 0.654. The fourth-order valence-electron chi connectivity index (χ4n) is 1.81. The number of anilines is 1. The lowest BCUT2D eigenvalue weighted by Crippen LogP contribution is -2.22. The minimum Gasteiger partial charge on any atom is -0.491 e. The molecule has 0 saturated heterocycles. The van der Waals surface area contributed by atoms with E-state index in [2.05, 4.69) is 10.3 Å². The van der Waals surface area contributed by atoms with Gasteiger partial charge in [-0.3, -0.25) is 0 Å². The van der Waals surface area contributed by atoms with Crippen molar-refractivity contribution in [3.63, 3.8) is 0 Å². The van der Waals surface area contributed by atoms with Crippen LogP contribution < -0.4 is 15.8 Å². The van der Waals surface area contributed by atoms with E-state index in [4.69, 9.17) is 15.6 Å². The summed E-state index contributed by atoms with van der Waals surface area (Å²) in [6.07, 6.45) is 0. The van der Waals surface area contributed by atoms with Gasteiger partial charge in [0.05, 0.1) is 13.2 Å². The molecule has 0 aliphatic rings. The van der Waals surface area contributed by atoms with Crippen LogP contribution in [0.25, 0.3) is 0 Å². The van der Waals surface area contributed by atoms with Gasteiger partial charge < -0.3 is 20.9 Å². The summed E-state index contributed by atoms with van der Waals surface area (Å²) in [7, 11) is 0. The van der Waals surface area contributed by atoms with Crippen LogP contribution in [0.4, 0.5) is 5.69 Å². The lowest BCUT2D eigenvalue weighted by atomic mass is 10.2. The number of aliphatic hydroxyl groups excluding tert-OH is 1. The summed E-state index contributed by atoms with van der Waals surface area (Å²) in [6, 6.07) is 17.2. The third kappa shape index (κ3) is 5.90. The molecule has 0 aliphatic carbocycles. The van der Waals surface area contributed by atoms with Gasteiger partial charge in [0.2, 0.25) is 0 Å². The van der Waals surface area contributed by atoms with Crippen LogP contribution >= 0.6 is 24.0 Å². The number of halogens is 1. The van der Waals surface area contributed by atoms with E-state index in [1.807, 2.05) is 54.6 Å². The van der Waals surface area contributed by atoms with Gasteiger partial charge in [-0.1, -0.05) is 36.4 Å². The van der Waals surface area contributed by atoms with Crippen LogP contribution in [0.2, 0.25) is 0 Å². The topological polar surface area (TPSA) is 79.9 Å². The van der Waals surface area contributed by atoms with Crippen LogP contribution in [-0.4, -0.2) is 24.3 Å². The van der Waals surface area contributed by atoms with Crippen molar-refractivity contribution in [2.75, 3.05) is 18.5 Å². The molecule has 0 fully saturated rings. The Morgan fingerprint density at radius 3 is 2.50 bits per heavy atom. The molecule has 0 bridgehead atoms. The van der Waals surface area contributed by atoms with Crippen LogP contribution in [0.3, 0.4) is 0 Å². The molecular formula is C16H20IN3O2. The zero-order valence-electron chi connectivity index (χ0n) is 12.1. The molecular weight excluding hydrogens is 393 g/mol. The number of aliphatic imine (C=N–C) groups is 1. The van der Waals surface area contributed by atoms with Gasteiger partial charge in [0.1, 0.15) is 12.4 Å². The zero-order chi connectivity index (χ0) is 14.9. The van der Waals surface area contributed by atoms with Gasteiger partial charge in [-0.2, -0.15) is 0 Å². The third-order valence-corrected chi connectivity index (χ3v) is 2.79. The Bertz CT molecular complexity index is 591. The molecule has 22 heavy (non-hydrogen) atoms. The second-order valence-electron chi connectivity index (χ2n) is 4.37. The van der Waals surface area contributed by atoms with Crippen molar-refractivity contribution >= 4 is 35.6 Å². The SMILES string of the molecule is I.NC(=NCc1ccccc1OCCO)Nc1ccccc1. The predicted molar refractivity (Wildman–Crippen MR) is 99.8 cm³/mol. The number of para-hydroxylation sites is 2. The van der Waals surface area contributed by atoms with Gasteiger partial charge in [0, 0.05) is 11.3 Å². The number of benzene rings is 2. The van der Waals surface area contributed by atoms with E-state index < -0.39 is 0 Å². The standard InChI is InChI=1S/C16H19N3O2.HI/c17-16(19-14-7-2-1-3-8-14)18-12-13-6-4-5-9-15(13)21-11-10-20;/h1-9,20H,10-12H2,(H3,17,18,19);1H. The Hall–Kier alpha value is -1.80. The highest BCUT2D eigenvalue weighted by Crippen LogP contribution is 2.18. The number of rotatable bonds is 6. The molecule has 2 rings (SSSR count).